The second-order valence-corrected chi connectivity index (χ2v) is 7.86. The molecule has 0 amide bonds. The molecule has 1 N–H and O–H groups in total. The summed E-state index contributed by atoms with van der Waals surface area (Å²) in [5.41, 5.74) is 3.81. The van der Waals surface area contributed by atoms with Gasteiger partial charge in [0.15, 0.2) is 0 Å². The molecular weight excluding hydrogens is 337 g/mol. The summed E-state index contributed by atoms with van der Waals surface area (Å²) >= 11 is 1.64. The number of aryl methyl sites for hydroxylation is 1. The number of likely N-dealkylation sites (N-methyl/N-ethyl adjacent to an activating group) is 1. The summed E-state index contributed by atoms with van der Waals surface area (Å²) in [4.78, 5) is 9.83. The fourth-order valence-electron chi connectivity index (χ4n) is 3.48. The van der Waals surface area contributed by atoms with E-state index in [4.69, 9.17) is 0 Å². The Kier molecular flexibility index (Phi) is 6.17. The van der Waals surface area contributed by atoms with Crippen LogP contribution in [-0.2, 0) is 6.54 Å². The van der Waals surface area contributed by atoms with Crippen molar-refractivity contribution in [3.63, 3.8) is 0 Å². The first kappa shape index (κ1) is 18.5. The standard InChI is InChI=1S/C19H26FN3OS/c1-14-19(25-13-21-14)12-23-9-16(20)8-17(23)10-22(2)11-18(24)15-6-4-3-5-7-15/h3-7,13,16-18,24H,8-12H2,1-2H3/t16-,17-,18-/m0/s1. The van der Waals surface area contributed by atoms with Gasteiger partial charge in [-0.3, -0.25) is 4.90 Å². The summed E-state index contributed by atoms with van der Waals surface area (Å²) in [6, 6.07) is 9.85. The molecule has 25 heavy (non-hydrogen) atoms. The summed E-state index contributed by atoms with van der Waals surface area (Å²) in [5, 5.41) is 10.4. The Balaban J connectivity index is 1.57. The lowest BCUT2D eigenvalue weighted by molar-refractivity contribution is 0.107. The molecule has 3 atom stereocenters. The molecular formula is C19H26FN3OS. The first-order valence-corrected chi connectivity index (χ1v) is 9.59. The van der Waals surface area contributed by atoms with Crippen molar-refractivity contribution >= 4 is 11.3 Å². The third kappa shape index (κ3) is 4.85. The highest BCUT2D eigenvalue weighted by molar-refractivity contribution is 7.09. The molecule has 1 aromatic carbocycles. The molecule has 1 aliphatic rings. The van der Waals surface area contributed by atoms with Crippen molar-refractivity contribution in [1.29, 1.82) is 0 Å². The third-order valence-electron chi connectivity index (χ3n) is 4.86. The first-order valence-electron chi connectivity index (χ1n) is 8.71. The van der Waals surface area contributed by atoms with Crippen molar-refractivity contribution < 1.29 is 9.50 Å². The topological polar surface area (TPSA) is 39.6 Å². The van der Waals surface area contributed by atoms with Gasteiger partial charge in [-0.15, -0.1) is 11.3 Å². The van der Waals surface area contributed by atoms with Gasteiger partial charge in [-0.05, 0) is 26.0 Å². The lowest BCUT2D eigenvalue weighted by Crippen LogP contribution is -2.39. The molecule has 1 aliphatic heterocycles. The highest BCUT2D eigenvalue weighted by atomic mass is 32.1. The van der Waals surface area contributed by atoms with Gasteiger partial charge in [-0.25, -0.2) is 9.37 Å². The largest absolute Gasteiger partial charge is 0.387 e. The predicted molar refractivity (Wildman–Crippen MR) is 99.5 cm³/mol. The Morgan fingerprint density at radius 1 is 1.40 bits per heavy atom. The second-order valence-electron chi connectivity index (χ2n) is 6.92. The number of hydrogen-bond acceptors (Lipinski definition) is 5. The quantitative estimate of drug-likeness (QED) is 0.821. The lowest BCUT2D eigenvalue weighted by Gasteiger charge is -2.29. The zero-order chi connectivity index (χ0) is 17.8. The third-order valence-corrected chi connectivity index (χ3v) is 5.78. The average molecular weight is 364 g/mol. The van der Waals surface area contributed by atoms with Gasteiger partial charge in [0.1, 0.15) is 6.17 Å². The maximum atomic E-state index is 14.0. The molecule has 0 bridgehead atoms. The van der Waals surface area contributed by atoms with Crippen LogP contribution in [0.1, 0.15) is 28.7 Å². The summed E-state index contributed by atoms with van der Waals surface area (Å²) in [6.45, 7) is 4.55. The van der Waals surface area contributed by atoms with Crippen molar-refractivity contribution in [1.82, 2.24) is 14.8 Å². The van der Waals surface area contributed by atoms with E-state index < -0.39 is 12.3 Å². The average Bonchev–Trinajstić information content (AvgIpc) is 3.14. The van der Waals surface area contributed by atoms with Crippen LogP contribution in [0.2, 0.25) is 0 Å². The Morgan fingerprint density at radius 2 is 2.16 bits per heavy atom. The Labute approximate surface area is 152 Å². The summed E-state index contributed by atoms with van der Waals surface area (Å²) < 4.78 is 14.0. The van der Waals surface area contributed by atoms with Crippen LogP contribution in [0, 0.1) is 6.92 Å². The smallest absolute Gasteiger partial charge is 0.114 e. The van der Waals surface area contributed by atoms with E-state index in [-0.39, 0.29) is 6.04 Å². The van der Waals surface area contributed by atoms with E-state index in [1.165, 1.54) is 4.88 Å². The molecule has 4 nitrogen and oxygen atoms in total. The van der Waals surface area contributed by atoms with Gasteiger partial charge in [0.25, 0.3) is 0 Å². The second kappa shape index (κ2) is 8.36. The van der Waals surface area contributed by atoms with E-state index in [2.05, 4.69) is 14.8 Å². The lowest BCUT2D eigenvalue weighted by atomic mass is 10.1. The molecule has 1 saturated heterocycles. The number of thiazole rings is 1. The van der Waals surface area contributed by atoms with Crippen molar-refractivity contribution in [2.75, 3.05) is 26.7 Å². The number of rotatable bonds is 7. The van der Waals surface area contributed by atoms with Crippen LogP contribution in [0.3, 0.4) is 0 Å². The molecule has 0 saturated carbocycles. The van der Waals surface area contributed by atoms with Gasteiger partial charge in [0.05, 0.1) is 17.3 Å². The van der Waals surface area contributed by atoms with Crippen molar-refractivity contribution in [2.45, 2.75) is 38.2 Å². The van der Waals surface area contributed by atoms with Gasteiger partial charge >= 0.3 is 0 Å². The molecule has 6 heteroatoms. The van der Waals surface area contributed by atoms with E-state index in [0.717, 1.165) is 24.3 Å². The van der Waals surface area contributed by atoms with Crippen LogP contribution in [0.4, 0.5) is 4.39 Å². The van der Waals surface area contributed by atoms with Crippen LogP contribution in [-0.4, -0.2) is 58.8 Å². The highest BCUT2D eigenvalue weighted by Crippen LogP contribution is 2.26. The molecule has 3 rings (SSSR count). The van der Waals surface area contributed by atoms with Crippen LogP contribution in [0.25, 0.3) is 0 Å². The zero-order valence-electron chi connectivity index (χ0n) is 14.8. The zero-order valence-corrected chi connectivity index (χ0v) is 15.6. The highest BCUT2D eigenvalue weighted by Gasteiger charge is 2.33. The maximum absolute atomic E-state index is 14.0. The van der Waals surface area contributed by atoms with Gasteiger partial charge in [0, 0.05) is 37.1 Å². The fraction of sp³-hybridized carbons (Fsp3) is 0.526. The van der Waals surface area contributed by atoms with Crippen LogP contribution < -0.4 is 0 Å². The number of alkyl halides is 1. The normalized spacial score (nSPS) is 22.6. The Morgan fingerprint density at radius 3 is 2.84 bits per heavy atom. The Bertz CT molecular complexity index is 666. The number of hydrogen-bond donors (Lipinski definition) is 1. The van der Waals surface area contributed by atoms with Crippen molar-refractivity contribution in [2.24, 2.45) is 0 Å². The number of aliphatic hydroxyl groups excluding tert-OH is 1. The van der Waals surface area contributed by atoms with Crippen LogP contribution in [0.15, 0.2) is 35.8 Å². The number of nitrogens with zero attached hydrogens (tertiary/aromatic N) is 3. The molecule has 1 fully saturated rings. The van der Waals surface area contributed by atoms with Gasteiger partial charge in [-0.1, -0.05) is 30.3 Å². The van der Waals surface area contributed by atoms with E-state index in [1.807, 2.05) is 49.8 Å². The van der Waals surface area contributed by atoms with Gasteiger partial charge in [0.2, 0.25) is 0 Å². The van der Waals surface area contributed by atoms with Gasteiger partial charge < -0.3 is 10.0 Å². The van der Waals surface area contributed by atoms with Crippen LogP contribution in [0.5, 0.6) is 0 Å². The predicted octanol–water partition coefficient (Wildman–Crippen LogP) is 3.03. The first-order chi connectivity index (χ1) is 12.0. The van der Waals surface area contributed by atoms with Crippen LogP contribution >= 0.6 is 11.3 Å². The number of benzene rings is 1. The van der Waals surface area contributed by atoms with Gasteiger partial charge in [-0.2, -0.15) is 0 Å². The summed E-state index contributed by atoms with van der Waals surface area (Å²) in [7, 11) is 1.99. The van der Waals surface area contributed by atoms with E-state index >= 15 is 0 Å². The number of aliphatic hydroxyl groups is 1. The summed E-state index contributed by atoms with van der Waals surface area (Å²) in [5.74, 6) is 0. The van der Waals surface area contributed by atoms with Crippen molar-refractivity contribution in [3.05, 3.63) is 52.0 Å². The van der Waals surface area contributed by atoms with E-state index in [1.54, 1.807) is 11.3 Å². The minimum Gasteiger partial charge on any atom is -0.387 e. The van der Waals surface area contributed by atoms with Crippen molar-refractivity contribution in [3.8, 4) is 0 Å². The molecule has 0 aliphatic carbocycles. The molecule has 2 aromatic rings. The minimum atomic E-state index is -0.773. The monoisotopic (exact) mass is 363 g/mol. The molecule has 136 valence electrons. The molecule has 0 unspecified atom stereocenters. The molecule has 2 heterocycles. The molecule has 1 aromatic heterocycles. The SMILES string of the molecule is Cc1ncsc1CN1C[C@@H](F)C[C@H]1CN(C)C[C@H](O)c1ccccc1. The molecule has 0 spiro atoms. The minimum absolute atomic E-state index is 0.171. The van der Waals surface area contributed by atoms with E-state index in [9.17, 15) is 9.50 Å². The number of aromatic nitrogens is 1. The fourth-order valence-corrected chi connectivity index (χ4v) is 4.28. The Hall–Kier alpha value is -1.34. The van der Waals surface area contributed by atoms with E-state index in [0.29, 0.717) is 19.5 Å². The molecule has 0 radical (unpaired) electrons. The number of likely N-dealkylation sites (tertiary alicyclic amines) is 1. The number of halogens is 1. The summed E-state index contributed by atoms with van der Waals surface area (Å²) in [6.07, 6.45) is -0.736. The maximum Gasteiger partial charge on any atom is 0.114 e.